The summed E-state index contributed by atoms with van der Waals surface area (Å²) in [5.74, 6) is 3.94. The number of pyridine rings is 4. The van der Waals surface area contributed by atoms with Crippen LogP contribution in [0.3, 0.4) is 0 Å². The molecule has 7 nitrogen and oxygen atoms in total. The van der Waals surface area contributed by atoms with E-state index in [1.807, 2.05) is 12.4 Å². The molecule has 0 saturated carbocycles. The minimum Gasteiger partial charge on any atom is -0.295 e. The van der Waals surface area contributed by atoms with Crippen molar-refractivity contribution < 1.29 is 0 Å². The predicted octanol–water partition coefficient (Wildman–Crippen LogP) is 17.7. The van der Waals surface area contributed by atoms with E-state index in [-0.39, 0.29) is 0 Å². The SMILES string of the molecule is CCCCc1ccc(N(c2cc(N(c3ccc(CCCC)cc3)c3ccc(CCCC)cn3)nc(N(c3ccc(CCCC)cc3)c3ccc(CCCC)cn3)c2)c2ccc(CCCC)cn2)cc1. The number of rotatable bonds is 27. The number of unbranched alkanes of at least 4 members (excludes halogenated alkanes) is 6. The van der Waals surface area contributed by atoms with Gasteiger partial charge in [-0.15, -0.1) is 0 Å². The molecule has 0 spiro atoms. The number of benzene rings is 3. The zero-order valence-electron chi connectivity index (χ0n) is 42.6. The van der Waals surface area contributed by atoms with Crippen molar-refractivity contribution in [2.24, 2.45) is 0 Å². The van der Waals surface area contributed by atoms with Crippen LogP contribution in [-0.2, 0) is 38.5 Å². The van der Waals surface area contributed by atoms with E-state index in [9.17, 15) is 0 Å². The van der Waals surface area contributed by atoms with Crippen molar-refractivity contribution in [2.45, 2.75) is 157 Å². The van der Waals surface area contributed by atoms with Crippen molar-refractivity contribution in [3.05, 3.63) is 173 Å². The highest BCUT2D eigenvalue weighted by Gasteiger charge is 2.25. The molecule has 0 aliphatic carbocycles. The largest absolute Gasteiger partial charge is 0.295 e. The second-order valence-electron chi connectivity index (χ2n) is 18.7. The van der Waals surface area contributed by atoms with Crippen LogP contribution in [-0.4, -0.2) is 19.9 Å². The maximum absolute atomic E-state index is 5.72. The fourth-order valence-corrected chi connectivity index (χ4v) is 8.83. The van der Waals surface area contributed by atoms with Crippen LogP contribution < -0.4 is 14.7 Å². The zero-order valence-corrected chi connectivity index (χ0v) is 42.6. The summed E-state index contributed by atoms with van der Waals surface area (Å²) < 4.78 is 0. The van der Waals surface area contributed by atoms with Gasteiger partial charge in [0.25, 0.3) is 0 Å². The van der Waals surface area contributed by atoms with Gasteiger partial charge in [0.05, 0.1) is 5.69 Å². The molecule has 7 rings (SSSR count). The van der Waals surface area contributed by atoms with Gasteiger partial charge in [-0.2, -0.15) is 0 Å². The molecule has 0 aliphatic heterocycles. The molecule has 0 unspecified atom stereocenters. The highest BCUT2D eigenvalue weighted by atomic mass is 15.3. The molecule has 4 aromatic heterocycles. The van der Waals surface area contributed by atoms with Crippen molar-refractivity contribution in [2.75, 3.05) is 14.7 Å². The minimum absolute atomic E-state index is 0.742. The Balaban J connectivity index is 1.49. The van der Waals surface area contributed by atoms with E-state index in [4.69, 9.17) is 19.9 Å². The Bertz CT molecular complexity index is 2100. The lowest BCUT2D eigenvalue weighted by atomic mass is 10.1. The molecular formula is C62H77N7. The molecule has 0 saturated heterocycles. The Morgan fingerprint density at radius 3 is 0.812 bits per heavy atom. The van der Waals surface area contributed by atoms with E-state index >= 15 is 0 Å². The first-order chi connectivity index (χ1) is 33.9. The Morgan fingerprint density at radius 1 is 0.275 bits per heavy atom. The molecular weight excluding hydrogens is 843 g/mol. The second kappa shape index (κ2) is 26.4. The monoisotopic (exact) mass is 920 g/mol. The molecule has 7 heteroatoms. The van der Waals surface area contributed by atoms with Crippen LogP contribution in [0.15, 0.2) is 140 Å². The van der Waals surface area contributed by atoms with E-state index in [0.29, 0.717) is 0 Å². The Kier molecular flexibility index (Phi) is 19.4. The van der Waals surface area contributed by atoms with Crippen LogP contribution in [0.1, 0.15) is 152 Å². The highest BCUT2D eigenvalue weighted by molar-refractivity contribution is 5.84. The third-order valence-corrected chi connectivity index (χ3v) is 13.1. The smallest absolute Gasteiger partial charge is 0.143 e. The molecule has 69 heavy (non-hydrogen) atoms. The first-order valence-corrected chi connectivity index (χ1v) is 26.5. The maximum Gasteiger partial charge on any atom is 0.143 e. The lowest BCUT2D eigenvalue weighted by molar-refractivity contribution is 0.792. The van der Waals surface area contributed by atoms with Crippen LogP contribution >= 0.6 is 0 Å². The molecule has 0 atom stereocenters. The van der Waals surface area contributed by atoms with Crippen LogP contribution in [0.5, 0.6) is 0 Å². The summed E-state index contributed by atoms with van der Waals surface area (Å²) in [4.78, 5) is 28.1. The fraction of sp³-hybridized carbons (Fsp3) is 0.387. The quantitative estimate of drug-likeness (QED) is 0.0509. The third-order valence-electron chi connectivity index (χ3n) is 13.1. The highest BCUT2D eigenvalue weighted by Crippen LogP contribution is 2.43. The van der Waals surface area contributed by atoms with E-state index in [0.717, 1.165) is 167 Å². The normalized spacial score (nSPS) is 11.2. The zero-order chi connectivity index (χ0) is 48.2. The maximum atomic E-state index is 5.72. The van der Waals surface area contributed by atoms with Crippen molar-refractivity contribution in [3.8, 4) is 0 Å². The van der Waals surface area contributed by atoms with Gasteiger partial charge in [-0.25, -0.2) is 19.9 Å². The number of anilines is 9. The second-order valence-corrected chi connectivity index (χ2v) is 18.7. The Hall–Kier alpha value is -6.34. The summed E-state index contributed by atoms with van der Waals surface area (Å²) in [5, 5.41) is 0. The molecule has 0 radical (unpaired) electrons. The first-order valence-electron chi connectivity index (χ1n) is 26.5. The van der Waals surface area contributed by atoms with Gasteiger partial charge in [0, 0.05) is 47.8 Å². The average molecular weight is 920 g/mol. The van der Waals surface area contributed by atoms with Gasteiger partial charge >= 0.3 is 0 Å². The summed E-state index contributed by atoms with van der Waals surface area (Å²) in [6.07, 6.45) is 26.1. The molecule has 3 aromatic carbocycles. The van der Waals surface area contributed by atoms with E-state index in [1.54, 1.807) is 0 Å². The van der Waals surface area contributed by atoms with E-state index in [2.05, 4.69) is 184 Å². The Morgan fingerprint density at radius 2 is 0.536 bits per heavy atom. The lowest BCUT2D eigenvalue weighted by Gasteiger charge is -2.31. The van der Waals surface area contributed by atoms with Gasteiger partial charge in [0.2, 0.25) is 0 Å². The van der Waals surface area contributed by atoms with Gasteiger partial charge < -0.3 is 0 Å². The van der Waals surface area contributed by atoms with Gasteiger partial charge in [-0.1, -0.05) is 135 Å². The van der Waals surface area contributed by atoms with Crippen molar-refractivity contribution in [1.29, 1.82) is 0 Å². The standard InChI is InChI=1S/C62H77N7/c1-7-13-19-48-25-34-54(35-26-48)67(58-40-31-51(45-63-58)22-16-10-4)57-43-61(68(55-36-27-49(28-37-55)20-14-8-2)59-41-32-52(46-64-59)23-17-11-5)66-62(44-57)69(56-38-29-50(30-39-56)21-15-9-3)60-42-33-53(47-65-60)24-18-12-6/h25-47H,7-24H2,1-6H3. The first kappa shape index (κ1) is 50.5. The summed E-state index contributed by atoms with van der Waals surface area (Å²) in [5.41, 5.74) is 11.7. The minimum atomic E-state index is 0.742. The average Bonchev–Trinajstić information content (AvgIpc) is 3.39. The van der Waals surface area contributed by atoms with Crippen LogP contribution in [0.25, 0.3) is 0 Å². The van der Waals surface area contributed by atoms with E-state index in [1.165, 1.54) is 33.4 Å². The fourth-order valence-electron chi connectivity index (χ4n) is 8.83. The molecule has 4 heterocycles. The lowest BCUT2D eigenvalue weighted by Crippen LogP contribution is -2.19. The molecule has 0 bridgehead atoms. The summed E-state index contributed by atoms with van der Waals surface area (Å²) in [6, 6.07) is 44.7. The number of aryl methyl sites for hydroxylation is 6. The van der Waals surface area contributed by atoms with Gasteiger partial charge in [-0.3, -0.25) is 14.7 Å². The van der Waals surface area contributed by atoms with Gasteiger partial charge in [0.1, 0.15) is 29.1 Å². The number of aromatic nitrogens is 4. The van der Waals surface area contributed by atoms with Gasteiger partial charge in [0.15, 0.2) is 0 Å². The van der Waals surface area contributed by atoms with Crippen molar-refractivity contribution in [3.63, 3.8) is 0 Å². The molecule has 0 N–H and O–H groups in total. The third kappa shape index (κ3) is 13.9. The van der Waals surface area contributed by atoms with Crippen molar-refractivity contribution >= 4 is 51.8 Å². The van der Waals surface area contributed by atoms with E-state index < -0.39 is 0 Å². The molecule has 0 fully saturated rings. The summed E-state index contributed by atoms with van der Waals surface area (Å²) >= 11 is 0. The summed E-state index contributed by atoms with van der Waals surface area (Å²) in [6.45, 7) is 13.5. The predicted molar refractivity (Wildman–Crippen MR) is 293 cm³/mol. The molecule has 360 valence electrons. The Labute approximate surface area is 415 Å². The van der Waals surface area contributed by atoms with Gasteiger partial charge in [-0.05, 0) is 165 Å². The number of hydrogen-bond acceptors (Lipinski definition) is 7. The van der Waals surface area contributed by atoms with Crippen LogP contribution in [0.2, 0.25) is 0 Å². The molecule has 0 aliphatic rings. The molecule has 0 amide bonds. The molecule has 7 aromatic rings. The topological polar surface area (TPSA) is 61.3 Å². The summed E-state index contributed by atoms with van der Waals surface area (Å²) in [7, 11) is 0. The van der Waals surface area contributed by atoms with Crippen LogP contribution in [0.4, 0.5) is 51.8 Å². The number of nitrogens with zero attached hydrogens (tertiary/aromatic N) is 7. The number of hydrogen-bond donors (Lipinski definition) is 0. The van der Waals surface area contributed by atoms with Crippen molar-refractivity contribution in [1.82, 2.24) is 19.9 Å². The van der Waals surface area contributed by atoms with Crippen LogP contribution in [0, 0.1) is 0 Å².